The summed E-state index contributed by atoms with van der Waals surface area (Å²) in [5, 5.41) is 16.9. The van der Waals surface area contributed by atoms with Gasteiger partial charge in [-0.3, -0.25) is 0 Å². The van der Waals surface area contributed by atoms with E-state index in [4.69, 9.17) is 10.00 Å². The molecular formula is C16H14N4O. The Morgan fingerprint density at radius 2 is 2.10 bits per heavy atom. The van der Waals surface area contributed by atoms with Gasteiger partial charge in [-0.05, 0) is 24.6 Å². The van der Waals surface area contributed by atoms with E-state index in [1.54, 1.807) is 6.07 Å². The van der Waals surface area contributed by atoms with Crippen molar-refractivity contribution in [3.8, 4) is 11.8 Å². The predicted molar refractivity (Wildman–Crippen MR) is 77.2 cm³/mol. The van der Waals surface area contributed by atoms with Crippen LogP contribution in [0.1, 0.15) is 17.7 Å². The molecule has 1 aromatic carbocycles. The highest BCUT2D eigenvalue weighted by Gasteiger charge is 2.46. The van der Waals surface area contributed by atoms with Crippen molar-refractivity contribution in [3.63, 3.8) is 0 Å². The molecule has 5 nitrogen and oxygen atoms in total. The molecule has 1 saturated heterocycles. The van der Waals surface area contributed by atoms with Gasteiger partial charge in [-0.1, -0.05) is 18.2 Å². The van der Waals surface area contributed by atoms with Crippen molar-refractivity contribution < 1.29 is 4.74 Å². The molecule has 0 radical (unpaired) electrons. The zero-order valence-corrected chi connectivity index (χ0v) is 11.5. The van der Waals surface area contributed by atoms with Gasteiger partial charge in [0.05, 0.1) is 12.0 Å². The summed E-state index contributed by atoms with van der Waals surface area (Å²) in [5.41, 5.74) is 1.71. The van der Waals surface area contributed by atoms with Gasteiger partial charge < -0.3 is 9.64 Å². The summed E-state index contributed by atoms with van der Waals surface area (Å²) in [7, 11) is 0. The maximum Gasteiger partial charge on any atom is 0.163 e. The molecule has 4 rings (SSSR count). The van der Waals surface area contributed by atoms with Crippen LogP contribution >= 0.6 is 0 Å². The van der Waals surface area contributed by atoms with Gasteiger partial charge in [0.1, 0.15) is 11.8 Å². The number of fused-ring (bicyclic) bond motifs is 2. The Labute approximate surface area is 122 Å². The van der Waals surface area contributed by atoms with Gasteiger partial charge >= 0.3 is 0 Å². The molecule has 0 N–H and O–H groups in total. The molecular weight excluding hydrogens is 264 g/mol. The minimum absolute atomic E-state index is 0.0617. The van der Waals surface area contributed by atoms with E-state index in [9.17, 15) is 0 Å². The van der Waals surface area contributed by atoms with Crippen molar-refractivity contribution in [3.05, 3.63) is 47.7 Å². The maximum atomic E-state index is 8.79. The SMILES string of the molecule is N#Cc1ccc(N2CCC3(COc4ccccc43)C2)nn1. The van der Waals surface area contributed by atoms with Crippen LogP contribution in [0.25, 0.3) is 0 Å². The Bertz CT molecular complexity index is 722. The minimum atomic E-state index is 0.0617. The molecule has 1 fully saturated rings. The summed E-state index contributed by atoms with van der Waals surface area (Å²) < 4.78 is 5.85. The monoisotopic (exact) mass is 278 g/mol. The van der Waals surface area contributed by atoms with Gasteiger partial charge in [0, 0.05) is 18.7 Å². The standard InChI is InChI=1S/C16H14N4O/c17-9-12-5-6-15(19-18-12)20-8-7-16(10-20)11-21-14-4-2-1-3-13(14)16/h1-6H,7-8,10-11H2. The topological polar surface area (TPSA) is 62.0 Å². The van der Waals surface area contributed by atoms with Gasteiger partial charge in [-0.15, -0.1) is 10.2 Å². The fraction of sp³-hybridized carbons (Fsp3) is 0.312. The third-order valence-corrected chi connectivity index (χ3v) is 4.41. The molecule has 1 spiro atoms. The zero-order chi connectivity index (χ0) is 14.3. The lowest BCUT2D eigenvalue weighted by Gasteiger charge is -2.23. The molecule has 2 aliphatic heterocycles. The Morgan fingerprint density at radius 3 is 2.90 bits per heavy atom. The number of para-hydroxylation sites is 1. The van der Waals surface area contributed by atoms with E-state index in [0.717, 1.165) is 37.7 Å². The molecule has 0 amide bonds. The van der Waals surface area contributed by atoms with Crippen molar-refractivity contribution in [2.24, 2.45) is 0 Å². The third-order valence-electron chi connectivity index (χ3n) is 4.41. The minimum Gasteiger partial charge on any atom is -0.492 e. The zero-order valence-electron chi connectivity index (χ0n) is 11.5. The molecule has 21 heavy (non-hydrogen) atoms. The largest absolute Gasteiger partial charge is 0.492 e. The average molecular weight is 278 g/mol. The number of rotatable bonds is 1. The van der Waals surface area contributed by atoms with E-state index < -0.39 is 0 Å². The van der Waals surface area contributed by atoms with Crippen molar-refractivity contribution in [2.45, 2.75) is 11.8 Å². The number of hydrogen-bond acceptors (Lipinski definition) is 5. The van der Waals surface area contributed by atoms with Crippen molar-refractivity contribution >= 4 is 5.82 Å². The number of hydrogen-bond donors (Lipinski definition) is 0. The number of nitriles is 1. The molecule has 0 aliphatic carbocycles. The highest BCUT2D eigenvalue weighted by molar-refractivity contribution is 5.50. The molecule has 1 unspecified atom stereocenters. The first-order valence-corrected chi connectivity index (χ1v) is 7.02. The van der Waals surface area contributed by atoms with E-state index in [2.05, 4.69) is 27.2 Å². The first-order chi connectivity index (χ1) is 10.3. The van der Waals surface area contributed by atoms with Crippen LogP contribution in [0.15, 0.2) is 36.4 Å². The third kappa shape index (κ3) is 1.83. The van der Waals surface area contributed by atoms with Gasteiger partial charge in [0.2, 0.25) is 0 Å². The molecule has 0 saturated carbocycles. The average Bonchev–Trinajstić information content (AvgIpc) is 3.14. The maximum absolute atomic E-state index is 8.79. The number of anilines is 1. The molecule has 2 aliphatic rings. The molecule has 2 aromatic rings. The van der Waals surface area contributed by atoms with Crippen LogP contribution in [-0.4, -0.2) is 29.9 Å². The van der Waals surface area contributed by atoms with Gasteiger partial charge in [-0.25, -0.2) is 0 Å². The second-order valence-corrected chi connectivity index (χ2v) is 5.63. The van der Waals surface area contributed by atoms with Crippen molar-refractivity contribution in [2.75, 3.05) is 24.6 Å². The van der Waals surface area contributed by atoms with Crippen LogP contribution in [0, 0.1) is 11.3 Å². The normalized spacial score (nSPS) is 22.9. The van der Waals surface area contributed by atoms with Crippen LogP contribution in [0.2, 0.25) is 0 Å². The Hall–Kier alpha value is -2.61. The van der Waals surface area contributed by atoms with Gasteiger partial charge in [0.15, 0.2) is 11.5 Å². The van der Waals surface area contributed by atoms with E-state index in [1.807, 2.05) is 24.3 Å². The summed E-state index contributed by atoms with van der Waals surface area (Å²) in [4.78, 5) is 2.22. The lowest BCUT2D eigenvalue weighted by molar-refractivity contribution is 0.279. The number of ether oxygens (including phenoxy) is 1. The van der Waals surface area contributed by atoms with E-state index in [0.29, 0.717) is 5.69 Å². The molecule has 3 heterocycles. The van der Waals surface area contributed by atoms with E-state index in [1.165, 1.54) is 5.56 Å². The molecule has 5 heteroatoms. The van der Waals surface area contributed by atoms with Crippen molar-refractivity contribution in [1.29, 1.82) is 5.26 Å². The molecule has 104 valence electrons. The summed E-state index contributed by atoms with van der Waals surface area (Å²) in [6.45, 7) is 2.54. The van der Waals surface area contributed by atoms with Gasteiger partial charge in [-0.2, -0.15) is 5.26 Å². The number of nitrogens with zero attached hydrogens (tertiary/aromatic N) is 4. The lowest BCUT2D eigenvalue weighted by atomic mass is 9.82. The molecule has 0 bridgehead atoms. The fourth-order valence-corrected chi connectivity index (χ4v) is 3.28. The first-order valence-electron chi connectivity index (χ1n) is 7.02. The molecule has 1 atom stereocenters. The Kier molecular flexibility index (Phi) is 2.58. The second kappa shape index (κ2) is 4.45. The summed E-state index contributed by atoms with van der Waals surface area (Å²) in [6, 6.07) is 13.9. The highest BCUT2D eigenvalue weighted by atomic mass is 16.5. The first kappa shape index (κ1) is 12.2. The number of benzene rings is 1. The quantitative estimate of drug-likeness (QED) is 0.797. The summed E-state index contributed by atoms with van der Waals surface area (Å²) in [6.07, 6.45) is 1.05. The van der Waals surface area contributed by atoms with Crippen LogP contribution in [-0.2, 0) is 5.41 Å². The second-order valence-electron chi connectivity index (χ2n) is 5.63. The number of aromatic nitrogens is 2. The van der Waals surface area contributed by atoms with Crippen LogP contribution < -0.4 is 9.64 Å². The molecule has 1 aromatic heterocycles. The van der Waals surface area contributed by atoms with Crippen LogP contribution in [0.3, 0.4) is 0 Å². The van der Waals surface area contributed by atoms with Gasteiger partial charge in [0.25, 0.3) is 0 Å². The van der Waals surface area contributed by atoms with E-state index >= 15 is 0 Å². The fourth-order valence-electron chi connectivity index (χ4n) is 3.28. The lowest BCUT2D eigenvalue weighted by Crippen LogP contribution is -2.32. The predicted octanol–water partition coefficient (Wildman–Crippen LogP) is 1.89. The smallest absolute Gasteiger partial charge is 0.163 e. The van der Waals surface area contributed by atoms with Crippen LogP contribution in [0.5, 0.6) is 5.75 Å². The van der Waals surface area contributed by atoms with E-state index in [-0.39, 0.29) is 5.41 Å². The summed E-state index contributed by atoms with van der Waals surface area (Å²) >= 11 is 0. The van der Waals surface area contributed by atoms with Crippen LogP contribution in [0.4, 0.5) is 5.82 Å². The van der Waals surface area contributed by atoms with Crippen molar-refractivity contribution in [1.82, 2.24) is 10.2 Å². The Balaban J connectivity index is 1.62. The summed E-state index contributed by atoms with van der Waals surface area (Å²) in [5.74, 6) is 1.83. The Morgan fingerprint density at radius 1 is 1.19 bits per heavy atom. The highest BCUT2D eigenvalue weighted by Crippen LogP contribution is 2.45.